The van der Waals surface area contributed by atoms with Gasteiger partial charge in [0.1, 0.15) is 17.5 Å². The lowest BCUT2D eigenvalue weighted by atomic mass is 10.1. The van der Waals surface area contributed by atoms with E-state index in [-0.39, 0.29) is 18.5 Å². The maximum absolute atomic E-state index is 14.3. The highest BCUT2D eigenvalue weighted by molar-refractivity contribution is 6.30. The third-order valence-electron chi connectivity index (χ3n) is 7.04. The number of amides is 1. The Morgan fingerprint density at radius 3 is 2.51 bits per heavy atom. The molecule has 0 aliphatic carbocycles. The van der Waals surface area contributed by atoms with Crippen LogP contribution < -0.4 is 4.90 Å². The van der Waals surface area contributed by atoms with Crippen LogP contribution in [0.5, 0.6) is 0 Å². The minimum absolute atomic E-state index is 0.0281. The number of benzene rings is 2. The number of anilines is 1. The smallest absolute Gasteiger partial charge is 0.283 e. The minimum atomic E-state index is -0.427. The molecule has 2 aromatic heterocycles. The summed E-state index contributed by atoms with van der Waals surface area (Å²) in [5, 5.41) is 8.30. The molecule has 0 N–H and O–H groups in total. The van der Waals surface area contributed by atoms with E-state index in [2.05, 4.69) is 28.9 Å². The molecule has 1 atom stereocenters. The van der Waals surface area contributed by atoms with E-state index in [9.17, 15) is 9.18 Å². The molecule has 0 bridgehead atoms. The first-order chi connectivity index (χ1) is 18.7. The van der Waals surface area contributed by atoms with Crippen LogP contribution in [0.4, 0.5) is 10.2 Å². The highest BCUT2D eigenvalue weighted by Crippen LogP contribution is 2.38. The molecule has 0 spiro atoms. The Kier molecular flexibility index (Phi) is 6.22. The number of guanidine groups is 1. The van der Waals surface area contributed by atoms with E-state index >= 15 is 0 Å². The molecule has 1 amide bonds. The van der Waals surface area contributed by atoms with Crippen molar-refractivity contribution in [2.45, 2.75) is 40.3 Å². The van der Waals surface area contributed by atoms with Crippen LogP contribution in [-0.2, 0) is 6.54 Å². The fourth-order valence-corrected chi connectivity index (χ4v) is 5.32. The maximum atomic E-state index is 14.3. The lowest BCUT2D eigenvalue weighted by molar-refractivity contribution is 0.0841. The second-order valence-electron chi connectivity index (χ2n) is 10.1. The van der Waals surface area contributed by atoms with Crippen LogP contribution in [0.2, 0.25) is 5.02 Å². The first-order valence-electron chi connectivity index (χ1n) is 12.9. The highest BCUT2D eigenvalue weighted by Gasteiger charge is 2.44. The predicted octanol–water partition coefficient (Wildman–Crippen LogP) is 5.43. The summed E-state index contributed by atoms with van der Waals surface area (Å²) in [4.78, 5) is 27.2. The lowest BCUT2D eigenvalue weighted by Gasteiger charge is -2.33. The van der Waals surface area contributed by atoms with Gasteiger partial charge in [0.2, 0.25) is 17.7 Å². The van der Waals surface area contributed by atoms with Gasteiger partial charge in [-0.15, -0.1) is 10.2 Å². The average molecular weight is 548 g/mol. The number of aromatic nitrogens is 4. The Balaban J connectivity index is 1.51. The first-order valence-corrected chi connectivity index (χ1v) is 13.2. The Morgan fingerprint density at radius 2 is 1.87 bits per heavy atom. The number of carbonyl (C=O) groups excluding carboxylic acids is 1. The van der Waals surface area contributed by atoms with Gasteiger partial charge in [0.05, 0.1) is 19.1 Å². The second kappa shape index (κ2) is 9.60. The number of aliphatic imine (C=N–C) groups is 1. The number of hydrogen-bond acceptors (Lipinski definition) is 7. The lowest BCUT2D eigenvalue weighted by Crippen LogP contribution is -2.50. The zero-order valence-corrected chi connectivity index (χ0v) is 22.8. The standard InChI is InChI=1S/C28H27ClFN7O2/c1-5-35-27(38)23-26(37-14-22(15(2)3)31-28(35)37)36(13-17-10-20(29)12-21(30)11-17)24(32-23)18-6-8-19(9-7-18)25-34-33-16(4)39-25/h6-12,15,22H,5,13-14H2,1-4H3/t22-/m0/s1. The summed E-state index contributed by atoms with van der Waals surface area (Å²) in [5.74, 6) is 2.41. The molecule has 9 nitrogen and oxygen atoms in total. The van der Waals surface area contributed by atoms with Gasteiger partial charge in [-0.1, -0.05) is 37.6 Å². The molecule has 0 saturated carbocycles. The molecule has 2 aliphatic rings. The normalized spacial score (nSPS) is 16.6. The number of nitrogens with zero attached hydrogens (tertiary/aromatic N) is 7. The van der Waals surface area contributed by atoms with E-state index in [1.807, 2.05) is 35.8 Å². The topological polar surface area (TPSA) is 92.7 Å². The quantitative estimate of drug-likeness (QED) is 0.320. The Labute approximate surface area is 229 Å². The zero-order valence-electron chi connectivity index (χ0n) is 22.0. The highest BCUT2D eigenvalue weighted by atomic mass is 35.5. The molecule has 4 heterocycles. The molecule has 2 aliphatic heterocycles. The van der Waals surface area contributed by atoms with E-state index in [1.54, 1.807) is 17.9 Å². The van der Waals surface area contributed by atoms with Gasteiger partial charge in [-0.25, -0.2) is 14.4 Å². The molecule has 0 radical (unpaired) electrons. The summed E-state index contributed by atoms with van der Waals surface area (Å²) < 4.78 is 21.8. The van der Waals surface area contributed by atoms with Crippen molar-refractivity contribution in [3.05, 3.63) is 70.5 Å². The first kappa shape index (κ1) is 25.2. The van der Waals surface area contributed by atoms with Crippen LogP contribution in [0.1, 0.15) is 42.7 Å². The molecule has 200 valence electrons. The van der Waals surface area contributed by atoms with Gasteiger partial charge in [-0.2, -0.15) is 0 Å². The molecule has 11 heteroatoms. The van der Waals surface area contributed by atoms with E-state index in [0.29, 0.717) is 64.7 Å². The van der Waals surface area contributed by atoms with Crippen LogP contribution in [0.15, 0.2) is 51.9 Å². The molecular formula is C28H27ClFN7O2. The summed E-state index contributed by atoms with van der Waals surface area (Å²) in [6.07, 6.45) is 0. The third-order valence-corrected chi connectivity index (χ3v) is 7.26. The minimum Gasteiger partial charge on any atom is -0.421 e. The zero-order chi connectivity index (χ0) is 27.4. The molecule has 6 rings (SSSR count). The van der Waals surface area contributed by atoms with Gasteiger partial charge < -0.3 is 8.98 Å². The van der Waals surface area contributed by atoms with Crippen LogP contribution in [0, 0.1) is 18.7 Å². The van der Waals surface area contributed by atoms with Gasteiger partial charge in [0.15, 0.2) is 5.69 Å². The average Bonchev–Trinajstić information content (AvgIpc) is 3.61. The number of aryl methyl sites for hydroxylation is 1. The van der Waals surface area contributed by atoms with Crippen molar-refractivity contribution in [3.8, 4) is 22.8 Å². The van der Waals surface area contributed by atoms with Crippen molar-refractivity contribution in [2.24, 2.45) is 10.9 Å². The molecule has 0 fully saturated rings. The summed E-state index contributed by atoms with van der Waals surface area (Å²) >= 11 is 6.20. The molecule has 0 unspecified atom stereocenters. The van der Waals surface area contributed by atoms with Crippen molar-refractivity contribution in [1.82, 2.24) is 24.6 Å². The van der Waals surface area contributed by atoms with Crippen molar-refractivity contribution < 1.29 is 13.6 Å². The van der Waals surface area contributed by atoms with Gasteiger partial charge in [0, 0.05) is 29.6 Å². The van der Waals surface area contributed by atoms with Crippen molar-refractivity contribution in [3.63, 3.8) is 0 Å². The van der Waals surface area contributed by atoms with Gasteiger partial charge >= 0.3 is 0 Å². The van der Waals surface area contributed by atoms with Crippen molar-refractivity contribution in [2.75, 3.05) is 18.0 Å². The number of rotatable bonds is 6. The van der Waals surface area contributed by atoms with Crippen LogP contribution >= 0.6 is 11.6 Å². The Bertz CT molecular complexity index is 1590. The van der Waals surface area contributed by atoms with Crippen LogP contribution in [0.25, 0.3) is 22.8 Å². The van der Waals surface area contributed by atoms with Crippen molar-refractivity contribution >= 4 is 29.3 Å². The van der Waals surface area contributed by atoms with Crippen LogP contribution in [-0.4, -0.2) is 55.6 Å². The Hall–Kier alpha value is -4.05. The molecule has 2 aromatic carbocycles. The summed E-state index contributed by atoms with van der Waals surface area (Å²) in [5.41, 5.74) is 2.54. The van der Waals surface area contributed by atoms with E-state index in [0.717, 1.165) is 11.1 Å². The number of carbonyl (C=O) groups is 1. The van der Waals surface area contributed by atoms with Gasteiger partial charge in [-0.3, -0.25) is 14.6 Å². The largest absolute Gasteiger partial charge is 0.421 e. The number of fused-ring (bicyclic) bond motifs is 3. The van der Waals surface area contributed by atoms with Gasteiger partial charge in [-0.05, 0) is 48.7 Å². The van der Waals surface area contributed by atoms with E-state index in [1.165, 1.54) is 12.1 Å². The SMILES string of the molecule is CCN1C(=O)c2nc(-c3ccc(-c4nnc(C)o4)cc3)n(Cc3cc(F)cc(Cl)c3)c2N2C[C@@H](C(C)C)N=C12. The third kappa shape index (κ3) is 4.38. The molecule has 4 aromatic rings. The Morgan fingerprint density at radius 1 is 1.13 bits per heavy atom. The number of hydrogen-bond donors (Lipinski definition) is 0. The van der Waals surface area contributed by atoms with Crippen LogP contribution in [0.3, 0.4) is 0 Å². The number of halogens is 2. The summed E-state index contributed by atoms with van der Waals surface area (Å²) in [6, 6.07) is 12.0. The summed E-state index contributed by atoms with van der Waals surface area (Å²) in [7, 11) is 0. The maximum Gasteiger partial charge on any atom is 0.283 e. The second-order valence-corrected chi connectivity index (χ2v) is 10.5. The molecule has 39 heavy (non-hydrogen) atoms. The van der Waals surface area contributed by atoms with E-state index in [4.69, 9.17) is 26.0 Å². The van der Waals surface area contributed by atoms with Crippen molar-refractivity contribution in [1.29, 1.82) is 0 Å². The molecule has 0 saturated heterocycles. The monoisotopic (exact) mass is 547 g/mol. The van der Waals surface area contributed by atoms with E-state index < -0.39 is 5.82 Å². The number of imidazole rings is 1. The fraction of sp³-hybridized carbons (Fsp3) is 0.321. The fourth-order valence-electron chi connectivity index (χ4n) is 5.08. The molecular weight excluding hydrogens is 521 g/mol. The predicted molar refractivity (Wildman–Crippen MR) is 146 cm³/mol. The summed E-state index contributed by atoms with van der Waals surface area (Å²) in [6.45, 7) is 9.26. The van der Waals surface area contributed by atoms with Gasteiger partial charge in [0.25, 0.3) is 5.91 Å².